The third kappa shape index (κ3) is 5.31. The van der Waals surface area contributed by atoms with Crippen molar-refractivity contribution in [2.75, 3.05) is 0 Å². The Morgan fingerprint density at radius 3 is 1.34 bits per heavy atom. The van der Waals surface area contributed by atoms with Crippen molar-refractivity contribution in [2.24, 2.45) is 0 Å². The van der Waals surface area contributed by atoms with E-state index in [9.17, 15) is 0 Å². The molecule has 0 aliphatic carbocycles. The zero-order valence-corrected chi connectivity index (χ0v) is 34.9. The van der Waals surface area contributed by atoms with Gasteiger partial charge in [0.05, 0.1) is 38.5 Å². The molecule has 65 heavy (non-hydrogen) atoms. The molecule has 0 saturated carbocycles. The molecule has 0 atom stereocenters. The Morgan fingerprint density at radius 1 is 0.308 bits per heavy atom. The van der Waals surface area contributed by atoms with Crippen molar-refractivity contribution in [3.63, 3.8) is 0 Å². The SMILES string of the molecule is c1ccc(-c2nc(-c3ccccc3)nc(-c3ccc(-n4c5ccccc5c5c6oc7c(ccc8c7c7ccccc7n8-c7cc8ccccc8c8ccccc78)c6ccc54)cc3)n2)cc1. The highest BCUT2D eigenvalue weighted by molar-refractivity contribution is 6.29. The van der Waals surface area contributed by atoms with Gasteiger partial charge in [-0.25, -0.2) is 15.0 Å². The number of hydrogen-bond acceptors (Lipinski definition) is 4. The van der Waals surface area contributed by atoms with E-state index in [4.69, 9.17) is 19.4 Å². The molecule has 0 fully saturated rings. The van der Waals surface area contributed by atoms with Gasteiger partial charge < -0.3 is 13.6 Å². The van der Waals surface area contributed by atoms with Crippen LogP contribution in [0.1, 0.15) is 0 Å². The fourth-order valence-corrected chi connectivity index (χ4v) is 10.3. The van der Waals surface area contributed by atoms with Gasteiger partial charge in [0.15, 0.2) is 17.5 Å². The molecule has 6 heteroatoms. The monoisotopic (exact) mass is 829 g/mol. The molecule has 0 radical (unpaired) electrons. The highest BCUT2D eigenvalue weighted by Gasteiger charge is 2.23. The number of benzene rings is 10. The number of nitrogens with zero attached hydrogens (tertiary/aromatic N) is 5. The van der Waals surface area contributed by atoms with Crippen LogP contribution in [0.5, 0.6) is 0 Å². The van der Waals surface area contributed by atoms with Crippen LogP contribution in [-0.4, -0.2) is 24.1 Å². The lowest BCUT2D eigenvalue weighted by atomic mass is 10.00. The molecule has 302 valence electrons. The van der Waals surface area contributed by atoms with Gasteiger partial charge in [-0.05, 0) is 82.9 Å². The maximum absolute atomic E-state index is 7.27. The van der Waals surface area contributed by atoms with Crippen LogP contribution in [0.25, 0.3) is 133 Å². The predicted octanol–water partition coefficient (Wildman–Crippen LogP) is 15.3. The Morgan fingerprint density at radius 2 is 0.754 bits per heavy atom. The summed E-state index contributed by atoms with van der Waals surface area (Å²) in [6, 6.07) is 74.9. The molecule has 10 aromatic carbocycles. The molecule has 4 heterocycles. The van der Waals surface area contributed by atoms with Crippen LogP contribution in [0.15, 0.2) is 217 Å². The van der Waals surface area contributed by atoms with Crippen molar-refractivity contribution >= 4 is 87.1 Å². The Labute approximate surface area is 371 Å². The van der Waals surface area contributed by atoms with Crippen molar-refractivity contribution in [1.82, 2.24) is 24.1 Å². The van der Waals surface area contributed by atoms with E-state index in [1.165, 1.54) is 21.5 Å². The van der Waals surface area contributed by atoms with Crippen LogP contribution in [-0.2, 0) is 0 Å². The van der Waals surface area contributed by atoms with Crippen LogP contribution in [0, 0.1) is 0 Å². The second-order valence-electron chi connectivity index (χ2n) is 16.7. The van der Waals surface area contributed by atoms with Gasteiger partial charge in [-0.15, -0.1) is 0 Å². The Bertz CT molecular complexity index is 4160. The zero-order valence-electron chi connectivity index (χ0n) is 34.9. The van der Waals surface area contributed by atoms with E-state index in [2.05, 4.69) is 161 Å². The third-order valence-electron chi connectivity index (χ3n) is 13.1. The summed E-state index contributed by atoms with van der Waals surface area (Å²) in [6.07, 6.45) is 0. The van der Waals surface area contributed by atoms with Crippen molar-refractivity contribution in [3.8, 4) is 45.5 Å². The lowest BCUT2D eigenvalue weighted by Gasteiger charge is -2.14. The summed E-state index contributed by atoms with van der Waals surface area (Å²) in [4.78, 5) is 14.9. The summed E-state index contributed by atoms with van der Waals surface area (Å²) < 4.78 is 12.0. The molecule has 14 aromatic rings. The van der Waals surface area contributed by atoms with Gasteiger partial charge in [-0.1, -0.05) is 146 Å². The number of para-hydroxylation sites is 2. The number of fused-ring (bicyclic) bond motifs is 14. The third-order valence-corrected chi connectivity index (χ3v) is 13.1. The van der Waals surface area contributed by atoms with E-state index in [0.717, 1.165) is 93.6 Å². The fraction of sp³-hybridized carbons (Fsp3) is 0. The first-order valence-corrected chi connectivity index (χ1v) is 21.9. The largest absolute Gasteiger partial charge is 0.455 e. The van der Waals surface area contributed by atoms with Crippen LogP contribution in [0.2, 0.25) is 0 Å². The van der Waals surface area contributed by atoms with Crippen molar-refractivity contribution in [3.05, 3.63) is 212 Å². The minimum Gasteiger partial charge on any atom is -0.455 e. The minimum absolute atomic E-state index is 0.622. The van der Waals surface area contributed by atoms with Crippen molar-refractivity contribution in [1.29, 1.82) is 0 Å². The summed E-state index contributed by atoms with van der Waals surface area (Å²) in [7, 11) is 0. The standard InChI is InChI=1S/C59H35N5O/c1-3-15-36(16-4-1)57-60-58(37-17-5-2-6-18-37)62-59(61-57)38-27-29-40(30-28-38)63-48-25-13-11-23-46(48)53-50(63)33-31-44-45-32-34-51-54(56(45)65-55(44)53)47-24-12-14-26-49(47)64(51)52-35-39-19-7-8-20-41(39)42-21-9-10-22-43(42)52/h1-35H. The molecule has 0 aliphatic rings. The average molecular weight is 830 g/mol. The lowest BCUT2D eigenvalue weighted by molar-refractivity contribution is 0.677. The molecule has 0 saturated heterocycles. The molecule has 6 nitrogen and oxygen atoms in total. The summed E-state index contributed by atoms with van der Waals surface area (Å²) in [6.45, 7) is 0. The molecule has 0 amide bonds. The molecule has 14 rings (SSSR count). The van der Waals surface area contributed by atoms with E-state index in [1.54, 1.807) is 0 Å². The molecular weight excluding hydrogens is 795 g/mol. The number of rotatable bonds is 5. The molecule has 0 bridgehead atoms. The van der Waals surface area contributed by atoms with E-state index >= 15 is 0 Å². The molecule has 0 unspecified atom stereocenters. The van der Waals surface area contributed by atoms with Crippen LogP contribution < -0.4 is 0 Å². The second-order valence-corrected chi connectivity index (χ2v) is 16.7. The van der Waals surface area contributed by atoms with Crippen LogP contribution >= 0.6 is 0 Å². The fourth-order valence-electron chi connectivity index (χ4n) is 10.3. The lowest BCUT2D eigenvalue weighted by Crippen LogP contribution is -2.00. The normalized spacial score (nSPS) is 12.0. The van der Waals surface area contributed by atoms with Crippen molar-refractivity contribution in [2.45, 2.75) is 0 Å². The van der Waals surface area contributed by atoms with E-state index in [-0.39, 0.29) is 0 Å². The Kier molecular flexibility index (Phi) is 7.59. The summed E-state index contributed by atoms with van der Waals surface area (Å²) in [5.74, 6) is 1.90. The molecular formula is C59H35N5O. The first-order valence-electron chi connectivity index (χ1n) is 21.9. The van der Waals surface area contributed by atoms with Gasteiger partial charge in [0.1, 0.15) is 11.2 Å². The van der Waals surface area contributed by atoms with E-state index in [0.29, 0.717) is 17.5 Å². The summed E-state index contributed by atoms with van der Waals surface area (Å²) >= 11 is 0. The van der Waals surface area contributed by atoms with Crippen molar-refractivity contribution < 1.29 is 4.42 Å². The Balaban J connectivity index is 0.959. The maximum atomic E-state index is 7.27. The average Bonchev–Trinajstić information content (AvgIpc) is 4.04. The second kappa shape index (κ2) is 13.8. The molecule has 0 spiro atoms. The Hall–Kier alpha value is -8.87. The van der Waals surface area contributed by atoms with Gasteiger partial charge in [0.2, 0.25) is 0 Å². The first kappa shape index (κ1) is 35.7. The first-order chi connectivity index (χ1) is 32.2. The molecule has 4 aromatic heterocycles. The predicted molar refractivity (Wildman–Crippen MR) is 267 cm³/mol. The van der Waals surface area contributed by atoms with Gasteiger partial charge in [-0.3, -0.25) is 0 Å². The molecule has 0 aliphatic heterocycles. The topological polar surface area (TPSA) is 61.7 Å². The van der Waals surface area contributed by atoms with Gasteiger partial charge in [0, 0.05) is 49.3 Å². The van der Waals surface area contributed by atoms with Gasteiger partial charge in [-0.2, -0.15) is 0 Å². The quantitative estimate of drug-likeness (QED) is 0.162. The van der Waals surface area contributed by atoms with Gasteiger partial charge >= 0.3 is 0 Å². The number of hydrogen-bond donors (Lipinski definition) is 0. The number of aromatic nitrogens is 5. The molecule has 0 N–H and O–H groups in total. The van der Waals surface area contributed by atoms with E-state index < -0.39 is 0 Å². The summed E-state index contributed by atoms with van der Waals surface area (Å²) in [5, 5.41) is 11.6. The van der Waals surface area contributed by atoms with Crippen LogP contribution in [0.4, 0.5) is 0 Å². The maximum Gasteiger partial charge on any atom is 0.164 e. The van der Waals surface area contributed by atoms with Crippen LogP contribution in [0.3, 0.4) is 0 Å². The van der Waals surface area contributed by atoms with E-state index in [1.807, 2.05) is 60.7 Å². The smallest absolute Gasteiger partial charge is 0.164 e. The van der Waals surface area contributed by atoms with Gasteiger partial charge in [0.25, 0.3) is 0 Å². The zero-order chi connectivity index (χ0) is 42.6. The highest BCUT2D eigenvalue weighted by Crippen LogP contribution is 2.46. The number of furan rings is 1. The highest BCUT2D eigenvalue weighted by atomic mass is 16.3. The summed E-state index contributed by atoms with van der Waals surface area (Å²) in [5.41, 5.74) is 11.2. The minimum atomic E-state index is 0.622.